The molecule has 0 spiro atoms. The van der Waals surface area contributed by atoms with E-state index in [0.29, 0.717) is 18.8 Å². The van der Waals surface area contributed by atoms with Crippen LogP contribution >= 0.6 is 0 Å². The van der Waals surface area contributed by atoms with Gasteiger partial charge in [-0.15, -0.1) is 0 Å². The number of anilines is 1. The molecule has 108 valence electrons. The zero-order chi connectivity index (χ0) is 14.5. The van der Waals surface area contributed by atoms with Gasteiger partial charge >= 0.3 is 0 Å². The molecule has 19 heavy (non-hydrogen) atoms. The first-order valence-corrected chi connectivity index (χ1v) is 7.48. The molecule has 1 aromatic carbocycles. The Morgan fingerprint density at radius 2 is 1.95 bits per heavy atom. The molecule has 1 atom stereocenters. The second-order valence-electron chi connectivity index (χ2n) is 4.18. The number of rotatable bonds is 7. The number of likely N-dealkylation sites (N-methyl/N-ethyl adjacent to an activating group) is 1. The van der Waals surface area contributed by atoms with E-state index in [2.05, 4.69) is 5.43 Å². The van der Waals surface area contributed by atoms with Gasteiger partial charge in [-0.05, 0) is 31.2 Å². The summed E-state index contributed by atoms with van der Waals surface area (Å²) in [6, 6.07) is 6.11. The highest BCUT2D eigenvalue weighted by Crippen LogP contribution is 2.20. The highest BCUT2D eigenvalue weighted by Gasteiger charge is 2.27. The minimum atomic E-state index is -3.51. The van der Waals surface area contributed by atoms with Gasteiger partial charge in [0.05, 0.1) is 11.5 Å². The number of sulfonamides is 1. The lowest BCUT2D eigenvalue weighted by Gasteiger charge is -2.26. The van der Waals surface area contributed by atoms with Crippen LogP contribution in [0.2, 0.25) is 0 Å². The molecule has 7 heteroatoms. The molecule has 0 saturated carbocycles. The highest BCUT2D eigenvalue weighted by atomic mass is 32.2. The Kier molecular flexibility index (Phi) is 5.74. The second-order valence-corrected chi connectivity index (χ2v) is 6.07. The van der Waals surface area contributed by atoms with Gasteiger partial charge in [0.2, 0.25) is 10.0 Å². The molecule has 1 rings (SSSR count). The van der Waals surface area contributed by atoms with Crippen LogP contribution in [0.3, 0.4) is 0 Å². The van der Waals surface area contributed by atoms with Crippen molar-refractivity contribution in [1.82, 2.24) is 4.31 Å². The molecule has 0 radical (unpaired) electrons. The van der Waals surface area contributed by atoms with Gasteiger partial charge in [0.15, 0.2) is 0 Å². The Labute approximate surface area is 114 Å². The lowest BCUT2D eigenvalue weighted by Crippen LogP contribution is -2.40. The number of hydrazine groups is 1. The first kappa shape index (κ1) is 15.9. The number of hydrogen-bond acceptors (Lipinski definition) is 5. The number of ether oxygens (including phenoxy) is 1. The predicted octanol–water partition coefficient (Wildman–Crippen LogP) is 1.02. The van der Waals surface area contributed by atoms with Crippen LogP contribution in [0, 0.1) is 0 Å². The molecule has 0 aromatic heterocycles. The zero-order valence-electron chi connectivity index (χ0n) is 11.5. The SMILES string of the molecule is CCN(C(C)COC)S(=O)(=O)c1ccc(NN)cc1. The molecule has 0 amide bonds. The average Bonchev–Trinajstić information content (AvgIpc) is 2.39. The van der Waals surface area contributed by atoms with E-state index in [9.17, 15) is 8.42 Å². The van der Waals surface area contributed by atoms with Crippen molar-refractivity contribution in [3.8, 4) is 0 Å². The van der Waals surface area contributed by atoms with Gasteiger partial charge in [0.25, 0.3) is 0 Å². The Balaban J connectivity index is 3.05. The Hall–Kier alpha value is -1.15. The van der Waals surface area contributed by atoms with Crippen molar-refractivity contribution in [2.75, 3.05) is 25.7 Å². The molecule has 0 aliphatic rings. The van der Waals surface area contributed by atoms with E-state index in [1.165, 1.54) is 16.4 Å². The lowest BCUT2D eigenvalue weighted by molar-refractivity contribution is 0.142. The summed E-state index contributed by atoms with van der Waals surface area (Å²) in [7, 11) is -1.96. The lowest BCUT2D eigenvalue weighted by atomic mass is 10.3. The van der Waals surface area contributed by atoms with E-state index in [4.69, 9.17) is 10.6 Å². The fraction of sp³-hybridized carbons (Fsp3) is 0.500. The van der Waals surface area contributed by atoms with E-state index < -0.39 is 10.0 Å². The van der Waals surface area contributed by atoms with Gasteiger partial charge in [0.1, 0.15) is 0 Å². The average molecular weight is 287 g/mol. The molecule has 1 aromatic rings. The first-order valence-electron chi connectivity index (χ1n) is 6.04. The normalized spacial score (nSPS) is 13.5. The maximum atomic E-state index is 12.5. The topological polar surface area (TPSA) is 84.7 Å². The van der Waals surface area contributed by atoms with Crippen LogP contribution in [0.1, 0.15) is 13.8 Å². The van der Waals surface area contributed by atoms with Crippen molar-refractivity contribution in [2.24, 2.45) is 5.84 Å². The first-order chi connectivity index (χ1) is 8.97. The second kappa shape index (κ2) is 6.85. The van der Waals surface area contributed by atoms with Crippen LogP contribution < -0.4 is 11.3 Å². The van der Waals surface area contributed by atoms with E-state index >= 15 is 0 Å². The third-order valence-corrected chi connectivity index (χ3v) is 4.94. The van der Waals surface area contributed by atoms with Gasteiger partial charge in [-0.25, -0.2) is 8.42 Å². The third kappa shape index (κ3) is 3.66. The Bertz CT molecular complexity index is 487. The van der Waals surface area contributed by atoms with Gasteiger partial charge in [-0.3, -0.25) is 5.84 Å². The fourth-order valence-corrected chi connectivity index (χ4v) is 3.53. The largest absolute Gasteiger partial charge is 0.383 e. The van der Waals surface area contributed by atoms with Crippen LogP contribution in [0.25, 0.3) is 0 Å². The fourth-order valence-electron chi connectivity index (χ4n) is 1.90. The molecule has 0 bridgehead atoms. The molecule has 0 aliphatic carbocycles. The summed E-state index contributed by atoms with van der Waals surface area (Å²) in [5.74, 6) is 5.26. The predicted molar refractivity (Wildman–Crippen MR) is 75.2 cm³/mol. The molecule has 3 N–H and O–H groups in total. The number of nitrogens with one attached hydrogen (secondary N) is 1. The number of methoxy groups -OCH3 is 1. The van der Waals surface area contributed by atoms with Crippen LogP contribution in [-0.4, -0.2) is 39.0 Å². The highest BCUT2D eigenvalue weighted by molar-refractivity contribution is 7.89. The Morgan fingerprint density at radius 1 is 1.37 bits per heavy atom. The summed E-state index contributed by atoms with van der Waals surface area (Å²) in [5.41, 5.74) is 3.12. The molecule has 0 saturated heterocycles. The molecule has 6 nitrogen and oxygen atoms in total. The number of nitrogen functional groups attached to an aromatic ring is 1. The van der Waals surface area contributed by atoms with Gasteiger partial charge in [0, 0.05) is 25.4 Å². The van der Waals surface area contributed by atoms with Crippen LogP contribution in [0.15, 0.2) is 29.2 Å². The molecular formula is C12H21N3O3S. The smallest absolute Gasteiger partial charge is 0.243 e. The third-order valence-electron chi connectivity index (χ3n) is 2.84. The van der Waals surface area contributed by atoms with Gasteiger partial charge < -0.3 is 10.2 Å². The molecule has 1 unspecified atom stereocenters. The van der Waals surface area contributed by atoms with Crippen LogP contribution in [-0.2, 0) is 14.8 Å². The zero-order valence-corrected chi connectivity index (χ0v) is 12.3. The Morgan fingerprint density at radius 3 is 2.37 bits per heavy atom. The van der Waals surface area contributed by atoms with Crippen molar-refractivity contribution in [3.05, 3.63) is 24.3 Å². The minimum Gasteiger partial charge on any atom is -0.383 e. The van der Waals surface area contributed by atoms with E-state index in [-0.39, 0.29) is 10.9 Å². The molecule has 0 fully saturated rings. The number of nitrogens with two attached hydrogens (primary N) is 1. The molecule has 0 aliphatic heterocycles. The van der Waals surface area contributed by atoms with Crippen LogP contribution in [0.4, 0.5) is 5.69 Å². The van der Waals surface area contributed by atoms with E-state index in [1.54, 1.807) is 26.2 Å². The van der Waals surface area contributed by atoms with Crippen molar-refractivity contribution >= 4 is 15.7 Å². The molecule has 0 heterocycles. The minimum absolute atomic E-state index is 0.215. The number of nitrogens with zero attached hydrogens (tertiary/aromatic N) is 1. The van der Waals surface area contributed by atoms with E-state index in [0.717, 1.165) is 0 Å². The summed E-state index contributed by atoms with van der Waals surface area (Å²) in [4.78, 5) is 0.247. The van der Waals surface area contributed by atoms with Crippen molar-refractivity contribution in [2.45, 2.75) is 24.8 Å². The maximum Gasteiger partial charge on any atom is 0.243 e. The quantitative estimate of drug-likeness (QED) is 0.578. The summed E-state index contributed by atoms with van der Waals surface area (Å²) in [6.07, 6.45) is 0. The maximum absolute atomic E-state index is 12.5. The standard InChI is InChI=1S/C12H21N3O3S/c1-4-15(10(2)9-18-3)19(16,17)12-7-5-11(14-13)6-8-12/h5-8,10,14H,4,9,13H2,1-3H3. The van der Waals surface area contributed by atoms with Gasteiger partial charge in [-0.1, -0.05) is 6.92 Å². The summed E-state index contributed by atoms with van der Waals surface area (Å²) in [6.45, 7) is 4.37. The summed E-state index contributed by atoms with van der Waals surface area (Å²) in [5, 5.41) is 0. The van der Waals surface area contributed by atoms with Crippen molar-refractivity contribution in [1.29, 1.82) is 0 Å². The van der Waals surface area contributed by atoms with Crippen molar-refractivity contribution < 1.29 is 13.2 Å². The molecular weight excluding hydrogens is 266 g/mol. The van der Waals surface area contributed by atoms with E-state index in [1.807, 2.05) is 6.92 Å². The van der Waals surface area contributed by atoms with Crippen LogP contribution in [0.5, 0.6) is 0 Å². The monoisotopic (exact) mass is 287 g/mol. The summed E-state index contributed by atoms with van der Waals surface area (Å²) < 4.78 is 31.4. The number of hydrogen-bond donors (Lipinski definition) is 2. The number of benzene rings is 1. The summed E-state index contributed by atoms with van der Waals surface area (Å²) >= 11 is 0. The van der Waals surface area contributed by atoms with Crippen molar-refractivity contribution in [3.63, 3.8) is 0 Å². The van der Waals surface area contributed by atoms with Gasteiger partial charge in [-0.2, -0.15) is 4.31 Å².